The van der Waals surface area contributed by atoms with Gasteiger partial charge in [-0.2, -0.15) is 13.2 Å². The van der Waals surface area contributed by atoms with Crippen molar-refractivity contribution in [3.63, 3.8) is 0 Å². The molecule has 116 valence electrons. The van der Waals surface area contributed by atoms with Gasteiger partial charge in [-0.15, -0.1) is 0 Å². The number of phenolic OH excluding ortho intramolecular Hbond substituents is 1. The zero-order valence-electron chi connectivity index (χ0n) is 11.3. The molecule has 1 atom stereocenters. The van der Waals surface area contributed by atoms with Gasteiger partial charge in [0.15, 0.2) is 6.10 Å². The van der Waals surface area contributed by atoms with Crippen molar-refractivity contribution in [2.45, 2.75) is 18.7 Å². The molecule has 0 aliphatic heterocycles. The second kappa shape index (κ2) is 7.68. The van der Waals surface area contributed by atoms with Crippen LogP contribution < -0.4 is 0 Å². The van der Waals surface area contributed by atoms with Crippen LogP contribution in [0.5, 0.6) is 5.75 Å². The second-order valence-corrected chi connectivity index (χ2v) is 4.17. The molecule has 0 unspecified atom stereocenters. The van der Waals surface area contributed by atoms with E-state index in [4.69, 9.17) is 5.11 Å². The van der Waals surface area contributed by atoms with Gasteiger partial charge < -0.3 is 14.6 Å². The Morgan fingerprint density at radius 2 is 1.95 bits per heavy atom. The average Bonchev–Trinajstić information content (AvgIpc) is 2.41. The number of carbonyl (C=O) groups is 1. The summed E-state index contributed by atoms with van der Waals surface area (Å²) in [6.07, 6.45) is -5.10. The Labute approximate surface area is 119 Å². The molecule has 0 spiro atoms. The minimum Gasteiger partial charge on any atom is -0.508 e. The Bertz CT molecular complexity index is 480. The van der Waals surface area contributed by atoms with E-state index in [9.17, 15) is 18.0 Å². The fourth-order valence-corrected chi connectivity index (χ4v) is 1.44. The van der Waals surface area contributed by atoms with Crippen LogP contribution >= 0.6 is 0 Å². The number of alkyl halides is 3. The van der Waals surface area contributed by atoms with Crippen molar-refractivity contribution in [2.75, 3.05) is 13.7 Å². The van der Waals surface area contributed by atoms with E-state index in [0.29, 0.717) is 5.56 Å². The van der Waals surface area contributed by atoms with E-state index in [1.54, 1.807) is 0 Å². The van der Waals surface area contributed by atoms with Gasteiger partial charge in [0.25, 0.3) is 0 Å². The lowest BCUT2D eigenvalue weighted by atomic mass is 10.2. The van der Waals surface area contributed by atoms with Gasteiger partial charge in [0.2, 0.25) is 0 Å². The Kier molecular flexibility index (Phi) is 6.23. The number of methoxy groups -OCH3 is 1. The molecular formula is C14H15F3O4. The number of esters is 1. The van der Waals surface area contributed by atoms with Crippen molar-refractivity contribution in [3.05, 3.63) is 35.9 Å². The van der Waals surface area contributed by atoms with Gasteiger partial charge in [-0.3, -0.25) is 0 Å². The van der Waals surface area contributed by atoms with Crippen LogP contribution in [0.4, 0.5) is 13.2 Å². The number of rotatable bonds is 6. The fraction of sp³-hybridized carbons (Fsp3) is 0.357. The van der Waals surface area contributed by atoms with Crippen LogP contribution in [0.2, 0.25) is 0 Å². The Morgan fingerprint density at radius 3 is 2.48 bits per heavy atom. The molecule has 0 heterocycles. The molecule has 0 fully saturated rings. The minimum absolute atomic E-state index is 0.0476. The van der Waals surface area contributed by atoms with Gasteiger partial charge in [-0.25, -0.2) is 4.79 Å². The first-order valence-electron chi connectivity index (χ1n) is 6.06. The molecule has 1 aromatic carbocycles. The zero-order chi connectivity index (χ0) is 15.9. The number of benzene rings is 1. The maximum Gasteiger partial charge on any atom is 0.425 e. The molecule has 0 radical (unpaired) electrons. The summed E-state index contributed by atoms with van der Waals surface area (Å²) < 4.78 is 46.8. The monoisotopic (exact) mass is 304 g/mol. The van der Waals surface area contributed by atoms with Gasteiger partial charge in [0.05, 0.1) is 6.61 Å². The highest BCUT2D eigenvalue weighted by atomic mass is 19.4. The predicted octanol–water partition coefficient (Wildman–Crippen LogP) is 2.92. The second-order valence-electron chi connectivity index (χ2n) is 4.17. The molecule has 0 amide bonds. The van der Waals surface area contributed by atoms with Crippen molar-refractivity contribution >= 4 is 12.0 Å². The van der Waals surface area contributed by atoms with Crippen molar-refractivity contribution in [1.29, 1.82) is 0 Å². The van der Waals surface area contributed by atoms with Gasteiger partial charge in [0, 0.05) is 19.6 Å². The molecule has 4 nitrogen and oxygen atoms in total. The van der Waals surface area contributed by atoms with Crippen LogP contribution in [0, 0.1) is 0 Å². The molecule has 1 aromatic rings. The fourth-order valence-electron chi connectivity index (χ4n) is 1.44. The number of hydrogen-bond donors (Lipinski definition) is 1. The van der Waals surface area contributed by atoms with Crippen LogP contribution in [-0.2, 0) is 14.3 Å². The maximum absolute atomic E-state index is 12.6. The van der Waals surface area contributed by atoms with E-state index in [1.165, 1.54) is 37.5 Å². The van der Waals surface area contributed by atoms with Gasteiger partial charge >= 0.3 is 12.1 Å². The number of carbonyl (C=O) groups excluding carboxylic acids is 1. The van der Waals surface area contributed by atoms with Gasteiger partial charge in [0.1, 0.15) is 5.75 Å². The van der Waals surface area contributed by atoms with Crippen LogP contribution in [-0.4, -0.2) is 37.1 Å². The van der Waals surface area contributed by atoms with Crippen LogP contribution in [0.15, 0.2) is 30.3 Å². The van der Waals surface area contributed by atoms with E-state index in [1.807, 2.05) is 0 Å². The third-order valence-corrected chi connectivity index (χ3v) is 2.51. The SMILES string of the molecule is COCC[C@@H](OC(=O)/C=C/c1ccc(O)cc1)C(F)(F)F. The molecule has 0 aliphatic carbocycles. The van der Waals surface area contributed by atoms with Crippen LogP contribution in [0.25, 0.3) is 6.08 Å². The van der Waals surface area contributed by atoms with E-state index < -0.39 is 24.7 Å². The summed E-state index contributed by atoms with van der Waals surface area (Å²) in [7, 11) is 1.26. The minimum atomic E-state index is -4.64. The Hall–Kier alpha value is -2.02. The highest BCUT2D eigenvalue weighted by molar-refractivity contribution is 5.87. The van der Waals surface area contributed by atoms with Crippen molar-refractivity contribution in [3.8, 4) is 5.75 Å². The summed E-state index contributed by atoms with van der Waals surface area (Å²) in [6, 6.07) is 5.79. The molecule has 1 N–H and O–H groups in total. The summed E-state index contributed by atoms with van der Waals surface area (Å²) >= 11 is 0. The third kappa shape index (κ3) is 6.31. The number of halogens is 3. The molecule has 0 saturated heterocycles. The number of phenols is 1. The highest BCUT2D eigenvalue weighted by Gasteiger charge is 2.42. The summed E-state index contributed by atoms with van der Waals surface area (Å²) in [5, 5.41) is 9.07. The summed E-state index contributed by atoms with van der Waals surface area (Å²) in [4.78, 5) is 11.4. The normalized spacial score (nSPS) is 13.3. The highest BCUT2D eigenvalue weighted by Crippen LogP contribution is 2.25. The lowest BCUT2D eigenvalue weighted by molar-refractivity contribution is -0.221. The van der Waals surface area contributed by atoms with E-state index in [2.05, 4.69) is 9.47 Å². The molecule has 7 heteroatoms. The molecule has 1 rings (SSSR count). The predicted molar refractivity (Wildman–Crippen MR) is 69.6 cm³/mol. The first-order chi connectivity index (χ1) is 9.82. The quantitative estimate of drug-likeness (QED) is 0.648. The van der Waals surface area contributed by atoms with E-state index in [0.717, 1.165) is 6.08 Å². The van der Waals surface area contributed by atoms with Crippen molar-refractivity contribution in [1.82, 2.24) is 0 Å². The number of hydrogen-bond acceptors (Lipinski definition) is 4. The summed E-state index contributed by atoms with van der Waals surface area (Å²) in [6.45, 7) is -0.168. The topological polar surface area (TPSA) is 55.8 Å². The molecular weight excluding hydrogens is 289 g/mol. The Balaban J connectivity index is 2.62. The molecule has 0 saturated carbocycles. The lowest BCUT2D eigenvalue weighted by Crippen LogP contribution is -2.34. The largest absolute Gasteiger partial charge is 0.508 e. The molecule has 0 bridgehead atoms. The van der Waals surface area contributed by atoms with Crippen molar-refractivity contribution in [2.24, 2.45) is 0 Å². The first-order valence-corrected chi connectivity index (χ1v) is 6.06. The smallest absolute Gasteiger partial charge is 0.425 e. The zero-order valence-corrected chi connectivity index (χ0v) is 11.3. The molecule has 0 aliphatic rings. The number of aromatic hydroxyl groups is 1. The molecule has 0 aromatic heterocycles. The average molecular weight is 304 g/mol. The van der Waals surface area contributed by atoms with Gasteiger partial charge in [-0.05, 0) is 23.8 Å². The van der Waals surface area contributed by atoms with Crippen LogP contribution in [0.3, 0.4) is 0 Å². The molecule has 21 heavy (non-hydrogen) atoms. The summed E-state index contributed by atoms with van der Waals surface area (Å²) in [5.74, 6) is -1.05. The Morgan fingerprint density at radius 1 is 1.33 bits per heavy atom. The third-order valence-electron chi connectivity index (χ3n) is 2.51. The van der Waals surface area contributed by atoms with Crippen molar-refractivity contribution < 1.29 is 32.5 Å². The van der Waals surface area contributed by atoms with E-state index in [-0.39, 0.29) is 12.4 Å². The standard InChI is InChI=1S/C14H15F3O4/c1-20-9-8-12(14(15,16)17)21-13(19)7-4-10-2-5-11(18)6-3-10/h2-7,12,18H,8-9H2,1H3/b7-4+/t12-/m1/s1. The summed E-state index contributed by atoms with van der Waals surface area (Å²) in [5.41, 5.74) is 0.546. The maximum atomic E-state index is 12.6. The van der Waals surface area contributed by atoms with Gasteiger partial charge in [-0.1, -0.05) is 12.1 Å². The number of ether oxygens (including phenoxy) is 2. The van der Waals surface area contributed by atoms with Crippen LogP contribution in [0.1, 0.15) is 12.0 Å². The first kappa shape index (κ1) is 17.0. The van der Waals surface area contributed by atoms with E-state index >= 15 is 0 Å². The lowest BCUT2D eigenvalue weighted by Gasteiger charge is -2.19.